The van der Waals surface area contributed by atoms with Crippen LogP contribution in [0.15, 0.2) is 18.2 Å². The summed E-state index contributed by atoms with van der Waals surface area (Å²) in [4.78, 5) is 12.3. The van der Waals surface area contributed by atoms with Gasteiger partial charge in [-0.25, -0.2) is 0 Å². The highest BCUT2D eigenvalue weighted by molar-refractivity contribution is 5.96. The number of rotatable bonds is 4. The van der Waals surface area contributed by atoms with E-state index in [4.69, 9.17) is 9.47 Å². The summed E-state index contributed by atoms with van der Waals surface area (Å²) in [6.45, 7) is 2.41. The first-order valence-electron chi connectivity index (χ1n) is 7.99. The molecule has 21 heavy (non-hydrogen) atoms. The molecular weight excluding hydrogens is 266 g/mol. The summed E-state index contributed by atoms with van der Waals surface area (Å²) in [6.07, 6.45) is 6.12. The number of benzene rings is 1. The Bertz CT molecular complexity index is 495. The van der Waals surface area contributed by atoms with Crippen molar-refractivity contribution in [1.82, 2.24) is 5.32 Å². The number of Topliss-reactive ketones (excluding diaryl/α,β-unsaturated/α-hetero) is 1. The number of fused-ring (bicyclic) bond motifs is 1. The van der Waals surface area contributed by atoms with Crippen molar-refractivity contribution in [2.75, 3.05) is 19.8 Å². The Morgan fingerprint density at radius 2 is 2.00 bits per heavy atom. The molecule has 0 bridgehead atoms. The molecule has 0 aromatic heterocycles. The number of nitrogens with one attached hydrogen (secondary N) is 1. The minimum atomic E-state index is 0.193. The monoisotopic (exact) mass is 289 g/mol. The van der Waals surface area contributed by atoms with Crippen LogP contribution in [0.5, 0.6) is 11.5 Å². The molecule has 0 amide bonds. The molecule has 0 saturated carbocycles. The fraction of sp³-hybridized carbons (Fsp3) is 0.588. The predicted octanol–water partition coefficient (Wildman–Crippen LogP) is 2.95. The molecule has 1 saturated heterocycles. The van der Waals surface area contributed by atoms with Gasteiger partial charge in [0.1, 0.15) is 0 Å². The zero-order valence-electron chi connectivity index (χ0n) is 12.4. The third-order valence-electron chi connectivity index (χ3n) is 4.20. The standard InChI is InChI=1S/C17H23NO3/c19-15(7-6-14-4-1-2-9-18-14)13-5-8-16-17(12-13)21-11-3-10-20-16/h5,8,12,14,18H,1-4,6-7,9-11H2. The van der Waals surface area contributed by atoms with E-state index in [1.165, 1.54) is 19.3 Å². The van der Waals surface area contributed by atoms with Crippen molar-refractivity contribution in [3.63, 3.8) is 0 Å². The van der Waals surface area contributed by atoms with Gasteiger partial charge in [0.25, 0.3) is 0 Å². The van der Waals surface area contributed by atoms with E-state index in [0.29, 0.717) is 31.4 Å². The number of ketones is 1. The number of ether oxygens (including phenoxy) is 2. The number of carbonyl (C=O) groups is 1. The average molecular weight is 289 g/mol. The summed E-state index contributed by atoms with van der Waals surface area (Å²) in [5.74, 6) is 1.64. The molecule has 1 aromatic rings. The molecule has 2 heterocycles. The van der Waals surface area contributed by atoms with E-state index in [-0.39, 0.29) is 5.78 Å². The number of hydrogen-bond acceptors (Lipinski definition) is 4. The van der Waals surface area contributed by atoms with Crippen LogP contribution in [0, 0.1) is 0 Å². The van der Waals surface area contributed by atoms with Gasteiger partial charge in [-0.2, -0.15) is 0 Å². The van der Waals surface area contributed by atoms with Crippen molar-refractivity contribution < 1.29 is 14.3 Å². The molecule has 1 aromatic carbocycles. The summed E-state index contributed by atoms with van der Waals surface area (Å²) >= 11 is 0. The van der Waals surface area contributed by atoms with Crippen molar-refractivity contribution in [2.24, 2.45) is 0 Å². The smallest absolute Gasteiger partial charge is 0.163 e. The maximum Gasteiger partial charge on any atom is 0.163 e. The minimum Gasteiger partial charge on any atom is -0.490 e. The lowest BCUT2D eigenvalue weighted by Gasteiger charge is -2.23. The first-order valence-corrected chi connectivity index (χ1v) is 7.99. The zero-order valence-corrected chi connectivity index (χ0v) is 12.4. The SMILES string of the molecule is O=C(CCC1CCCCN1)c1ccc2c(c1)OCCCO2. The molecule has 0 radical (unpaired) electrons. The molecular formula is C17H23NO3. The van der Waals surface area contributed by atoms with Crippen LogP contribution in [-0.2, 0) is 0 Å². The summed E-state index contributed by atoms with van der Waals surface area (Å²) in [6, 6.07) is 6.04. The Morgan fingerprint density at radius 1 is 1.14 bits per heavy atom. The Balaban J connectivity index is 1.60. The van der Waals surface area contributed by atoms with Crippen LogP contribution in [0.3, 0.4) is 0 Å². The fourth-order valence-corrected chi connectivity index (χ4v) is 2.96. The van der Waals surface area contributed by atoms with E-state index >= 15 is 0 Å². The number of hydrogen-bond donors (Lipinski definition) is 1. The summed E-state index contributed by atoms with van der Waals surface area (Å²) in [7, 11) is 0. The van der Waals surface area contributed by atoms with Gasteiger partial charge < -0.3 is 14.8 Å². The first-order chi connectivity index (χ1) is 10.3. The first kappa shape index (κ1) is 14.4. The van der Waals surface area contributed by atoms with E-state index < -0.39 is 0 Å². The lowest BCUT2D eigenvalue weighted by molar-refractivity contribution is 0.0974. The third-order valence-corrected chi connectivity index (χ3v) is 4.20. The topological polar surface area (TPSA) is 47.6 Å². The van der Waals surface area contributed by atoms with Gasteiger partial charge in [-0.1, -0.05) is 6.42 Å². The van der Waals surface area contributed by atoms with Crippen molar-refractivity contribution >= 4 is 5.78 Å². The van der Waals surface area contributed by atoms with E-state index in [9.17, 15) is 4.79 Å². The second-order valence-corrected chi connectivity index (χ2v) is 5.82. The van der Waals surface area contributed by atoms with Gasteiger partial charge in [0.05, 0.1) is 13.2 Å². The van der Waals surface area contributed by atoms with Gasteiger partial charge in [-0.05, 0) is 44.0 Å². The van der Waals surface area contributed by atoms with Gasteiger partial charge >= 0.3 is 0 Å². The zero-order chi connectivity index (χ0) is 14.5. The molecule has 1 atom stereocenters. The lowest BCUT2D eigenvalue weighted by atomic mass is 9.97. The molecule has 2 aliphatic heterocycles. The molecule has 114 valence electrons. The summed E-state index contributed by atoms with van der Waals surface area (Å²) in [5.41, 5.74) is 0.732. The molecule has 1 unspecified atom stereocenters. The molecule has 2 aliphatic rings. The van der Waals surface area contributed by atoms with Crippen molar-refractivity contribution in [1.29, 1.82) is 0 Å². The highest BCUT2D eigenvalue weighted by Crippen LogP contribution is 2.31. The van der Waals surface area contributed by atoms with Crippen molar-refractivity contribution in [2.45, 2.75) is 44.6 Å². The van der Waals surface area contributed by atoms with Crippen molar-refractivity contribution in [3.8, 4) is 11.5 Å². The van der Waals surface area contributed by atoms with Gasteiger partial charge in [-0.3, -0.25) is 4.79 Å². The highest BCUT2D eigenvalue weighted by atomic mass is 16.5. The van der Waals surface area contributed by atoms with Gasteiger partial charge in [-0.15, -0.1) is 0 Å². The van der Waals surface area contributed by atoms with Crippen LogP contribution in [0.2, 0.25) is 0 Å². The van der Waals surface area contributed by atoms with Crippen LogP contribution in [0.1, 0.15) is 48.9 Å². The summed E-state index contributed by atoms with van der Waals surface area (Å²) in [5, 5.41) is 3.49. The second kappa shape index (κ2) is 6.94. The Labute approximate surface area is 125 Å². The largest absolute Gasteiger partial charge is 0.490 e. The van der Waals surface area contributed by atoms with Crippen LogP contribution < -0.4 is 14.8 Å². The maximum absolute atomic E-state index is 12.3. The minimum absolute atomic E-state index is 0.193. The second-order valence-electron chi connectivity index (χ2n) is 5.82. The number of piperidine rings is 1. The van der Waals surface area contributed by atoms with E-state index in [2.05, 4.69) is 5.32 Å². The normalized spacial score (nSPS) is 21.6. The van der Waals surface area contributed by atoms with E-state index in [1.54, 1.807) is 0 Å². The lowest BCUT2D eigenvalue weighted by Crippen LogP contribution is -2.34. The quantitative estimate of drug-likeness (QED) is 0.866. The van der Waals surface area contributed by atoms with Gasteiger partial charge in [0, 0.05) is 24.4 Å². The molecule has 0 aliphatic carbocycles. The predicted molar refractivity (Wildman–Crippen MR) is 81.3 cm³/mol. The molecule has 4 nitrogen and oxygen atoms in total. The van der Waals surface area contributed by atoms with Crippen LogP contribution in [0.25, 0.3) is 0 Å². The summed E-state index contributed by atoms with van der Waals surface area (Å²) < 4.78 is 11.2. The fourth-order valence-electron chi connectivity index (χ4n) is 2.96. The highest BCUT2D eigenvalue weighted by Gasteiger charge is 2.17. The molecule has 4 heteroatoms. The maximum atomic E-state index is 12.3. The third kappa shape index (κ3) is 3.76. The van der Waals surface area contributed by atoms with Gasteiger partial charge in [0.2, 0.25) is 0 Å². The Kier molecular flexibility index (Phi) is 4.76. The van der Waals surface area contributed by atoms with Crippen LogP contribution in [0.4, 0.5) is 0 Å². The van der Waals surface area contributed by atoms with Crippen LogP contribution >= 0.6 is 0 Å². The van der Waals surface area contributed by atoms with Crippen molar-refractivity contribution in [3.05, 3.63) is 23.8 Å². The molecule has 3 rings (SSSR count). The van der Waals surface area contributed by atoms with Crippen LogP contribution in [-0.4, -0.2) is 31.6 Å². The Morgan fingerprint density at radius 3 is 2.81 bits per heavy atom. The molecule has 1 N–H and O–H groups in total. The molecule has 0 spiro atoms. The van der Waals surface area contributed by atoms with E-state index in [1.807, 2.05) is 18.2 Å². The van der Waals surface area contributed by atoms with Gasteiger partial charge in [0.15, 0.2) is 17.3 Å². The number of carbonyl (C=O) groups excluding carboxylic acids is 1. The molecule has 1 fully saturated rings. The Hall–Kier alpha value is -1.55. The van der Waals surface area contributed by atoms with E-state index in [0.717, 1.165) is 30.7 Å². The average Bonchev–Trinajstić information content (AvgIpc) is 2.78.